The number of rotatable bonds is 3. The van der Waals surface area contributed by atoms with Crippen molar-refractivity contribution in [2.45, 2.75) is 6.42 Å². The number of carbonyl (C=O) groups is 1. The van der Waals surface area contributed by atoms with Gasteiger partial charge in [-0.3, -0.25) is 0 Å². The Morgan fingerprint density at radius 1 is 1.26 bits per heavy atom. The number of hydrogen-bond donors (Lipinski definition) is 2. The molecule has 2 N–H and O–H groups in total. The van der Waals surface area contributed by atoms with E-state index in [1.807, 2.05) is 30.3 Å². The molecule has 0 spiro atoms. The number of pyridine rings is 1. The highest BCUT2D eigenvalue weighted by Gasteiger charge is 2.09. The van der Waals surface area contributed by atoms with Crippen LogP contribution in [0.4, 0.5) is 0 Å². The fourth-order valence-corrected chi connectivity index (χ4v) is 1.94. The molecule has 94 valence electrons. The second kappa shape index (κ2) is 4.53. The Morgan fingerprint density at radius 2 is 2.05 bits per heavy atom. The lowest BCUT2D eigenvalue weighted by molar-refractivity contribution is 0.0696. The summed E-state index contributed by atoms with van der Waals surface area (Å²) in [6.07, 6.45) is 1.98. The summed E-state index contributed by atoms with van der Waals surface area (Å²) >= 11 is 0. The zero-order valence-corrected chi connectivity index (χ0v) is 10.00. The Hall–Kier alpha value is -2.69. The summed E-state index contributed by atoms with van der Waals surface area (Å²) in [5.41, 5.74) is 2.48. The van der Waals surface area contributed by atoms with Crippen molar-refractivity contribution in [2.24, 2.45) is 0 Å². The highest BCUT2D eigenvalue weighted by Crippen LogP contribution is 2.13. The summed E-state index contributed by atoms with van der Waals surface area (Å²) in [5.74, 6) is -0.218. The predicted molar refractivity (Wildman–Crippen MR) is 70.1 cm³/mol. The number of H-pyrrole nitrogens is 1. The first-order chi connectivity index (χ1) is 9.22. The van der Waals surface area contributed by atoms with Crippen LogP contribution in [0, 0.1) is 0 Å². The van der Waals surface area contributed by atoms with Crippen LogP contribution in [0.1, 0.15) is 21.7 Å². The monoisotopic (exact) mass is 253 g/mol. The van der Waals surface area contributed by atoms with E-state index in [1.165, 1.54) is 6.20 Å². The molecular weight excluding hydrogens is 242 g/mol. The minimum absolute atomic E-state index is 0.155. The number of benzene rings is 1. The van der Waals surface area contributed by atoms with Gasteiger partial charge in [-0.15, -0.1) is 0 Å². The Bertz CT molecular complexity index is 735. The first kappa shape index (κ1) is 11.4. The zero-order valence-electron chi connectivity index (χ0n) is 10.00. The third-order valence-electron chi connectivity index (χ3n) is 2.85. The first-order valence-electron chi connectivity index (χ1n) is 5.84. The molecule has 5 heteroatoms. The lowest BCUT2D eigenvalue weighted by atomic mass is 10.1. The van der Waals surface area contributed by atoms with Crippen LogP contribution >= 0.6 is 0 Å². The first-order valence-corrected chi connectivity index (χ1v) is 5.84. The highest BCUT2D eigenvalue weighted by atomic mass is 16.4. The van der Waals surface area contributed by atoms with Gasteiger partial charge in [-0.1, -0.05) is 30.3 Å². The molecule has 0 saturated carbocycles. The van der Waals surface area contributed by atoms with Gasteiger partial charge in [0.1, 0.15) is 5.82 Å². The Morgan fingerprint density at radius 3 is 2.79 bits per heavy atom. The molecule has 0 aliphatic heterocycles. The Balaban J connectivity index is 1.95. The van der Waals surface area contributed by atoms with Crippen molar-refractivity contribution >= 4 is 17.1 Å². The number of nitrogens with one attached hydrogen (secondary N) is 1. The van der Waals surface area contributed by atoms with Crippen molar-refractivity contribution in [1.29, 1.82) is 0 Å². The van der Waals surface area contributed by atoms with Crippen LogP contribution in [0.15, 0.2) is 42.6 Å². The minimum Gasteiger partial charge on any atom is -0.478 e. The molecule has 3 aromatic rings. The standard InChI is InChI=1S/C14H11N3O2/c18-14(19)10-7-11-13(15-8-10)17-12(16-11)6-9-4-2-1-3-5-9/h1-5,7-8H,6H2,(H,18,19)(H,15,16,17). The van der Waals surface area contributed by atoms with Crippen LogP contribution in [0.25, 0.3) is 11.2 Å². The highest BCUT2D eigenvalue weighted by molar-refractivity contribution is 5.90. The smallest absolute Gasteiger partial charge is 0.337 e. The molecule has 19 heavy (non-hydrogen) atoms. The molecule has 3 rings (SSSR count). The van der Waals surface area contributed by atoms with Crippen molar-refractivity contribution in [3.05, 3.63) is 59.5 Å². The van der Waals surface area contributed by atoms with Crippen LogP contribution < -0.4 is 0 Å². The summed E-state index contributed by atoms with van der Waals surface area (Å²) in [6.45, 7) is 0. The number of aromatic amines is 1. The van der Waals surface area contributed by atoms with E-state index >= 15 is 0 Å². The van der Waals surface area contributed by atoms with Crippen LogP contribution in [-0.2, 0) is 6.42 Å². The summed E-state index contributed by atoms with van der Waals surface area (Å²) in [4.78, 5) is 22.4. The number of nitrogens with zero attached hydrogens (tertiary/aromatic N) is 2. The molecule has 1 aromatic carbocycles. The molecule has 0 bridgehead atoms. The molecule has 0 aliphatic carbocycles. The molecule has 0 atom stereocenters. The number of imidazole rings is 1. The van der Waals surface area contributed by atoms with Crippen LogP contribution in [0.3, 0.4) is 0 Å². The topological polar surface area (TPSA) is 78.9 Å². The molecule has 0 aliphatic rings. The number of fused-ring (bicyclic) bond motifs is 1. The Labute approximate surface area is 109 Å². The number of carboxylic acid groups (broad SMARTS) is 1. The van der Waals surface area contributed by atoms with Gasteiger partial charge in [-0.25, -0.2) is 14.8 Å². The van der Waals surface area contributed by atoms with Crippen molar-refractivity contribution in [3.63, 3.8) is 0 Å². The second-order valence-corrected chi connectivity index (χ2v) is 4.25. The summed E-state index contributed by atoms with van der Waals surface area (Å²) in [6, 6.07) is 11.5. The summed E-state index contributed by atoms with van der Waals surface area (Å²) < 4.78 is 0. The van der Waals surface area contributed by atoms with E-state index in [1.54, 1.807) is 6.07 Å². The van der Waals surface area contributed by atoms with E-state index in [-0.39, 0.29) is 5.56 Å². The molecular formula is C14H11N3O2. The molecule has 0 unspecified atom stereocenters. The summed E-state index contributed by atoms with van der Waals surface area (Å²) in [7, 11) is 0. The SMILES string of the molecule is O=C(O)c1cnc2nc(Cc3ccccc3)[nH]c2c1. The quantitative estimate of drug-likeness (QED) is 0.750. The molecule has 5 nitrogen and oxygen atoms in total. The van der Waals surface area contributed by atoms with Gasteiger partial charge in [0, 0.05) is 12.6 Å². The fraction of sp³-hybridized carbons (Fsp3) is 0.0714. The predicted octanol–water partition coefficient (Wildman–Crippen LogP) is 2.25. The Kier molecular flexibility index (Phi) is 2.72. The third kappa shape index (κ3) is 2.30. The fourth-order valence-electron chi connectivity index (χ4n) is 1.94. The average Bonchev–Trinajstić information content (AvgIpc) is 2.80. The van der Waals surface area contributed by atoms with Crippen molar-refractivity contribution < 1.29 is 9.90 Å². The van der Waals surface area contributed by atoms with Gasteiger partial charge in [0.2, 0.25) is 0 Å². The molecule has 0 radical (unpaired) electrons. The van der Waals surface area contributed by atoms with Gasteiger partial charge >= 0.3 is 5.97 Å². The normalized spacial score (nSPS) is 10.7. The lowest BCUT2D eigenvalue weighted by Crippen LogP contribution is -1.96. The van der Waals surface area contributed by atoms with Crippen molar-refractivity contribution in [2.75, 3.05) is 0 Å². The van der Waals surface area contributed by atoms with E-state index in [0.717, 1.165) is 11.4 Å². The molecule has 0 amide bonds. The van der Waals surface area contributed by atoms with E-state index < -0.39 is 5.97 Å². The van der Waals surface area contributed by atoms with Crippen LogP contribution in [-0.4, -0.2) is 26.0 Å². The number of aromatic nitrogens is 3. The maximum Gasteiger partial charge on any atom is 0.337 e. The van der Waals surface area contributed by atoms with Gasteiger partial charge in [0.25, 0.3) is 0 Å². The summed E-state index contributed by atoms with van der Waals surface area (Å²) in [5, 5.41) is 8.91. The van der Waals surface area contributed by atoms with Crippen LogP contribution in [0.2, 0.25) is 0 Å². The maximum atomic E-state index is 10.9. The second-order valence-electron chi connectivity index (χ2n) is 4.25. The van der Waals surface area contributed by atoms with Crippen molar-refractivity contribution in [3.8, 4) is 0 Å². The third-order valence-corrected chi connectivity index (χ3v) is 2.85. The van der Waals surface area contributed by atoms with E-state index in [9.17, 15) is 4.79 Å². The van der Waals surface area contributed by atoms with E-state index in [2.05, 4.69) is 15.0 Å². The molecule has 0 saturated heterocycles. The number of carboxylic acids is 1. The van der Waals surface area contributed by atoms with Crippen LogP contribution in [0.5, 0.6) is 0 Å². The molecule has 2 heterocycles. The zero-order chi connectivity index (χ0) is 13.2. The van der Waals surface area contributed by atoms with Gasteiger partial charge in [0.05, 0.1) is 11.1 Å². The van der Waals surface area contributed by atoms with Crippen molar-refractivity contribution in [1.82, 2.24) is 15.0 Å². The number of aromatic carboxylic acids is 1. The van der Waals surface area contributed by atoms with E-state index in [4.69, 9.17) is 5.11 Å². The van der Waals surface area contributed by atoms with Gasteiger partial charge in [-0.2, -0.15) is 0 Å². The lowest BCUT2D eigenvalue weighted by Gasteiger charge is -1.95. The minimum atomic E-state index is -0.992. The average molecular weight is 253 g/mol. The molecule has 0 fully saturated rings. The van der Waals surface area contributed by atoms with Gasteiger partial charge in [0.15, 0.2) is 5.65 Å². The maximum absolute atomic E-state index is 10.9. The van der Waals surface area contributed by atoms with Gasteiger partial charge < -0.3 is 10.1 Å². The largest absolute Gasteiger partial charge is 0.478 e. The van der Waals surface area contributed by atoms with Gasteiger partial charge in [-0.05, 0) is 11.6 Å². The van der Waals surface area contributed by atoms with E-state index in [0.29, 0.717) is 17.6 Å². The molecule has 2 aromatic heterocycles. The number of hydrogen-bond acceptors (Lipinski definition) is 3.